The Kier molecular flexibility index (Phi) is 3.53. The number of esters is 1. The van der Waals surface area contributed by atoms with Crippen molar-refractivity contribution in [3.63, 3.8) is 0 Å². The third-order valence-corrected chi connectivity index (χ3v) is 3.76. The number of nitrogens with zero attached hydrogens (tertiary/aromatic N) is 3. The van der Waals surface area contributed by atoms with Gasteiger partial charge in [-0.05, 0) is 37.3 Å². The molecule has 1 fully saturated rings. The van der Waals surface area contributed by atoms with Gasteiger partial charge in [-0.1, -0.05) is 6.92 Å². The van der Waals surface area contributed by atoms with Crippen LogP contribution in [0.5, 0.6) is 0 Å². The highest BCUT2D eigenvalue weighted by molar-refractivity contribution is 5.69. The molecule has 0 bridgehead atoms. The summed E-state index contributed by atoms with van der Waals surface area (Å²) < 4.78 is 7.96. The Morgan fingerprint density at radius 2 is 2.19 bits per heavy atom. The summed E-state index contributed by atoms with van der Waals surface area (Å²) in [5, 5.41) is 4.30. The Labute approximate surface area is 122 Å². The zero-order valence-corrected chi connectivity index (χ0v) is 12.3. The Bertz CT molecular complexity index is 740. The summed E-state index contributed by atoms with van der Waals surface area (Å²) in [4.78, 5) is 24.1. The van der Waals surface area contributed by atoms with Crippen LogP contribution in [0.4, 0.5) is 0 Å². The lowest BCUT2D eigenvalue weighted by molar-refractivity contribution is -0.144. The van der Waals surface area contributed by atoms with E-state index < -0.39 is 5.97 Å². The van der Waals surface area contributed by atoms with Gasteiger partial charge in [0.25, 0.3) is 5.56 Å². The van der Waals surface area contributed by atoms with Crippen LogP contribution in [0.1, 0.15) is 44.0 Å². The second-order valence-corrected chi connectivity index (χ2v) is 5.34. The van der Waals surface area contributed by atoms with Crippen LogP contribution in [0, 0.1) is 0 Å². The molecule has 2 heterocycles. The molecule has 0 aromatic carbocycles. The summed E-state index contributed by atoms with van der Waals surface area (Å²) >= 11 is 0. The summed E-state index contributed by atoms with van der Waals surface area (Å²) in [7, 11) is 0. The summed E-state index contributed by atoms with van der Waals surface area (Å²) in [5.74, 6) is 0.917. The first-order chi connectivity index (χ1) is 10.1. The predicted octanol–water partition coefficient (Wildman–Crippen LogP) is 1.50. The molecule has 6 heteroatoms. The summed E-state index contributed by atoms with van der Waals surface area (Å²) in [5.41, 5.74) is 1.54. The number of ether oxygens (including phenoxy) is 1. The third-order valence-electron chi connectivity index (χ3n) is 3.76. The number of hydrogen-bond donors (Lipinski definition) is 0. The molecular formula is C15H19N3O3. The number of hydrogen-bond acceptors (Lipinski definition) is 4. The molecule has 2 aromatic rings. The monoisotopic (exact) mass is 289 g/mol. The van der Waals surface area contributed by atoms with E-state index in [9.17, 15) is 9.59 Å². The standard InChI is InChI=1S/C15H19N3O3/c1-3-13-16-18(9-14(19)21-4-2)15(20)12-7-11(8-17(12)13)10-5-6-10/h7-8,10H,3-6,9H2,1-2H3. The molecule has 0 amide bonds. The van der Waals surface area contributed by atoms with Crippen LogP contribution in [0.3, 0.4) is 0 Å². The Balaban J connectivity index is 2.06. The van der Waals surface area contributed by atoms with Crippen molar-refractivity contribution < 1.29 is 9.53 Å². The molecule has 0 spiro atoms. The lowest BCUT2D eigenvalue weighted by atomic mass is 10.2. The first-order valence-corrected chi connectivity index (χ1v) is 7.41. The minimum Gasteiger partial charge on any atom is -0.465 e. The minimum atomic E-state index is -0.438. The molecule has 0 atom stereocenters. The number of aryl methyl sites for hydroxylation is 1. The second kappa shape index (κ2) is 5.35. The maximum absolute atomic E-state index is 12.5. The van der Waals surface area contributed by atoms with E-state index in [1.807, 2.05) is 23.6 Å². The molecule has 1 aliphatic carbocycles. The molecular weight excluding hydrogens is 270 g/mol. The largest absolute Gasteiger partial charge is 0.465 e. The summed E-state index contributed by atoms with van der Waals surface area (Å²) in [6, 6.07) is 1.93. The van der Waals surface area contributed by atoms with Gasteiger partial charge in [-0.2, -0.15) is 5.10 Å². The van der Waals surface area contributed by atoms with Crippen molar-refractivity contribution in [3.05, 3.63) is 34.0 Å². The van der Waals surface area contributed by atoms with Gasteiger partial charge < -0.3 is 4.74 Å². The maximum Gasteiger partial charge on any atom is 0.327 e. The fourth-order valence-corrected chi connectivity index (χ4v) is 2.54. The molecule has 6 nitrogen and oxygen atoms in total. The van der Waals surface area contributed by atoms with Gasteiger partial charge in [-0.3, -0.25) is 14.0 Å². The Morgan fingerprint density at radius 3 is 2.81 bits per heavy atom. The molecule has 0 saturated heterocycles. The predicted molar refractivity (Wildman–Crippen MR) is 77.4 cm³/mol. The van der Waals surface area contributed by atoms with Gasteiger partial charge in [0.15, 0.2) is 0 Å². The van der Waals surface area contributed by atoms with Crippen molar-refractivity contribution in [1.82, 2.24) is 14.2 Å². The molecule has 0 radical (unpaired) electrons. The number of carbonyl (C=O) groups is 1. The van der Waals surface area contributed by atoms with Gasteiger partial charge in [0.1, 0.15) is 17.9 Å². The first kappa shape index (κ1) is 13.9. The van der Waals surface area contributed by atoms with Gasteiger partial charge in [0.2, 0.25) is 0 Å². The van der Waals surface area contributed by atoms with Crippen LogP contribution in [0.15, 0.2) is 17.1 Å². The average Bonchev–Trinajstić information content (AvgIpc) is 3.21. The topological polar surface area (TPSA) is 65.6 Å². The Hall–Kier alpha value is -2.11. The lowest BCUT2D eigenvalue weighted by Crippen LogP contribution is -2.30. The lowest BCUT2D eigenvalue weighted by Gasteiger charge is -2.08. The van der Waals surface area contributed by atoms with Crippen LogP contribution < -0.4 is 5.56 Å². The molecule has 1 saturated carbocycles. The number of fused-ring (bicyclic) bond motifs is 1. The van der Waals surface area contributed by atoms with Gasteiger partial charge in [-0.15, -0.1) is 0 Å². The van der Waals surface area contributed by atoms with E-state index in [4.69, 9.17) is 4.74 Å². The number of aromatic nitrogens is 3. The van der Waals surface area contributed by atoms with Gasteiger partial charge in [-0.25, -0.2) is 4.68 Å². The molecule has 0 N–H and O–H groups in total. The average molecular weight is 289 g/mol. The van der Waals surface area contributed by atoms with Gasteiger partial charge in [0.05, 0.1) is 6.61 Å². The van der Waals surface area contributed by atoms with E-state index in [2.05, 4.69) is 5.10 Å². The fourth-order valence-electron chi connectivity index (χ4n) is 2.54. The van der Waals surface area contributed by atoms with Crippen molar-refractivity contribution in [1.29, 1.82) is 0 Å². The van der Waals surface area contributed by atoms with Crippen molar-refractivity contribution in [2.75, 3.05) is 6.61 Å². The number of carbonyl (C=O) groups excluding carboxylic acids is 1. The van der Waals surface area contributed by atoms with Crippen molar-refractivity contribution in [3.8, 4) is 0 Å². The zero-order valence-electron chi connectivity index (χ0n) is 12.3. The quantitative estimate of drug-likeness (QED) is 0.782. The SMILES string of the molecule is CCOC(=O)Cn1nc(CC)n2cc(C3CC3)cc2c1=O. The van der Waals surface area contributed by atoms with E-state index in [0.717, 1.165) is 5.82 Å². The van der Waals surface area contributed by atoms with Crippen LogP contribution in [-0.4, -0.2) is 26.8 Å². The van der Waals surface area contributed by atoms with E-state index in [-0.39, 0.29) is 12.1 Å². The highest BCUT2D eigenvalue weighted by Gasteiger charge is 2.26. The first-order valence-electron chi connectivity index (χ1n) is 7.41. The zero-order chi connectivity index (χ0) is 15.0. The maximum atomic E-state index is 12.5. The van der Waals surface area contributed by atoms with Crippen LogP contribution >= 0.6 is 0 Å². The highest BCUT2D eigenvalue weighted by atomic mass is 16.5. The van der Waals surface area contributed by atoms with Crippen LogP contribution in [0.2, 0.25) is 0 Å². The van der Waals surface area contributed by atoms with Crippen LogP contribution in [-0.2, 0) is 22.5 Å². The van der Waals surface area contributed by atoms with Crippen molar-refractivity contribution in [2.24, 2.45) is 0 Å². The van der Waals surface area contributed by atoms with Gasteiger partial charge in [0, 0.05) is 12.6 Å². The van der Waals surface area contributed by atoms with Crippen molar-refractivity contribution in [2.45, 2.75) is 45.6 Å². The molecule has 0 unspecified atom stereocenters. The van der Waals surface area contributed by atoms with E-state index in [0.29, 0.717) is 24.5 Å². The summed E-state index contributed by atoms with van der Waals surface area (Å²) in [6.07, 6.45) is 5.07. The molecule has 2 aromatic heterocycles. The normalized spacial score (nSPS) is 14.6. The third kappa shape index (κ3) is 2.57. The van der Waals surface area contributed by atoms with Gasteiger partial charge >= 0.3 is 5.97 Å². The second-order valence-electron chi connectivity index (χ2n) is 5.34. The molecule has 1 aliphatic rings. The highest BCUT2D eigenvalue weighted by Crippen LogP contribution is 2.40. The number of rotatable bonds is 5. The Morgan fingerprint density at radius 1 is 1.43 bits per heavy atom. The molecule has 112 valence electrons. The molecule has 3 rings (SSSR count). The van der Waals surface area contributed by atoms with E-state index in [1.165, 1.54) is 23.1 Å². The van der Waals surface area contributed by atoms with E-state index in [1.54, 1.807) is 6.92 Å². The van der Waals surface area contributed by atoms with E-state index >= 15 is 0 Å². The minimum absolute atomic E-state index is 0.139. The van der Waals surface area contributed by atoms with Crippen LogP contribution in [0.25, 0.3) is 5.52 Å². The fraction of sp³-hybridized carbons (Fsp3) is 0.533. The smallest absolute Gasteiger partial charge is 0.327 e. The summed E-state index contributed by atoms with van der Waals surface area (Å²) in [6.45, 7) is 3.88. The molecule has 0 aliphatic heterocycles. The van der Waals surface area contributed by atoms with Crippen molar-refractivity contribution >= 4 is 11.5 Å². The molecule has 21 heavy (non-hydrogen) atoms.